The van der Waals surface area contributed by atoms with Crippen LogP contribution in [0, 0.1) is 11.3 Å². The molecule has 0 radical (unpaired) electrons. The van der Waals surface area contributed by atoms with Crippen molar-refractivity contribution in [3.05, 3.63) is 29.3 Å². The zero-order chi connectivity index (χ0) is 11.5. The van der Waals surface area contributed by atoms with Crippen LogP contribution in [-0.4, -0.2) is 13.7 Å². The highest BCUT2D eigenvalue weighted by Gasteiger charge is 2.19. The predicted molar refractivity (Wildman–Crippen MR) is 59.1 cm³/mol. The van der Waals surface area contributed by atoms with Crippen LogP contribution in [0.1, 0.15) is 6.92 Å². The van der Waals surface area contributed by atoms with E-state index in [4.69, 9.17) is 16.9 Å². The van der Waals surface area contributed by atoms with E-state index in [-0.39, 0.29) is 0 Å². The number of halogens is 1. The van der Waals surface area contributed by atoms with E-state index in [9.17, 15) is 8.42 Å². The van der Waals surface area contributed by atoms with E-state index in [0.29, 0.717) is 10.7 Å². The second-order valence-electron chi connectivity index (χ2n) is 2.93. The average molecular weight is 245 g/mol. The summed E-state index contributed by atoms with van der Waals surface area (Å²) in [4.78, 5) is 0. The molecular formula is C9H9ClN2O2S. The first kappa shape index (κ1) is 11.8. The predicted octanol–water partition coefficient (Wildman–Crippen LogP) is 1.99. The Morgan fingerprint density at radius 1 is 1.53 bits per heavy atom. The molecule has 0 saturated heterocycles. The summed E-state index contributed by atoms with van der Waals surface area (Å²) in [6.07, 6.45) is 0. The summed E-state index contributed by atoms with van der Waals surface area (Å²) in [5.41, 5.74) is 0.351. The van der Waals surface area contributed by atoms with E-state index in [1.807, 2.05) is 0 Å². The molecule has 0 aromatic heterocycles. The Morgan fingerprint density at radius 3 is 2.73 bits per heavy atom. The van der Waals surface area contributed by atoms with Gasteiger partial charge in [0.2, 0.25) is 10.0 Å². The Labute approximate surface area is 93.5 Å². The van der Waals surface area contributed by atoms with Crippen LogP contribution in [0.4, 0.5) is 5.69 Å². The van der Waals surface area contributed by atoms with Crippen molar-refractivity contribution in [2.45, 2.75) is 12.2 Å². The van der Waals surface area contributed by atoms with Gasteiger partial charge in [-0.15, -0.1) is 0 Å². The zero-order valence-electron chi connectivity index (χ0n) is 7.94. The smallest absolute Gasteiger partial charge is 0.248 e. The second kappa shape index (κ2) is 4.51. The first-order valence-corrected chi connectivity index (χ1v) is 6.05. The van der Waals surface area contributed by atoms with Gasteiger partial charge in [0.15, 0.2) is 5.25 Å². The van der Waals surface area contributed by atoms with Gasteiger partial charge in [0.25, 0.3) is 0 Å². The summed E-state index contributed by atoms with van der Waals surface area (Å²) in [7, 11) is -3.65. The normalized spacial score (nSPS) is 12.9. The Kier molecular flexibility index (Phi) is 3.56. The van der Waals surface area contributed by atoms with Crippen LogP contribution in [0.15, 0.2) is 24.3 Å². The molecule has 1 atom stereocenters. The molecule has 1 aromatic rings. The number of nitrogens with zero attached hydrogens (tertiary/aromatic N) is 1. The number of hydrogen-bond donors (Lipinski definition) is 1. The van der Waals surface area contributed by atoms with Gasteiger partial charge in [-0.25, -0.2) is 8.42 Å². The molecule has 4 nitrogen and oxygen atoms in total. The molecule has 80 valence electrons. The first-order valence-electron chi connectivity index (χ1n) is 4.12. The van der Waals surface area contributed by atoms with Gasteiger partial charge in [-0.3, -0.25) is 4.72 Å². The molecule has 0 heterocycles. The van der Waals surface area contributed by atoms with Gasteiger partial charge in [-0.2, -0.15) is 5.26 Å². The highest BCUT2D eigenvalue weighted by Crippen LogP contribution is 2.17. The number of rotatable bonds is 3. The molecule has 0 bridgehead atoms. The van der Waals surface area contributed by atoms with Crippen LogP contribution < -0.4 is 4.72 Å². The number of nitrogens with one attached hydrogen (secondary N) is 1. The molecule has 1 unspecified atom stereocenters. The topological polar surface area (TPSA) is 70.0 Å². The lowest BCUT2D eigenvalue weighted by Crippen LogP contribution is -2.23. The van der Waals surface area contributed by atoms with Crippen molar-refractivity contribution in [2.75, 3.05) is 4.72 Å². The van der Waals surface area contributed by atoms with Crippen LogP contribution in [-0.2, 0) is 10.0 Å². The van der Waals surface area contributed by atoms with E-state index >= 15 is 0 Å². The number of sulfonamides is 1. The van der Waals surface area contributed by atoms with Crippen LogP contribution in [0.5, 0.6) is 0 Å². The molecule has 1 aromatic carbocycles. The number of hydrogen-bond acceptors (Lipinski definition) is 3. The van der Waals surface area contributed by atoms with Crippen molar-refractivity contribution in [1.82, 2.24) is 0 Å². The molecule has 6 heteroatoms. The van der Waals surface area contributed by atoms with Crippen molar-refractivity contribution < 1.29 is 8.42 Å². The van der Waals surface area contributed by atoms with Crippen molar-refractivity contribution in [1.29, 1.82) is 5.26 Å². The Morgan fingerprint density at radius 2 is 2.20 bits per heavy atom. The molecule has 0 saturated carbocycles. The minimum absolute atomic E-state index is 0.351. The van der Waals surface area contributed by atoms with Crippen LogP contribution in [0.3, 0.4) is 0 Å². The fraction of sp³-hybridized carbons (Fsp3) is 0.222. The second-order valence-corrected chi connectivity index (χ2v) is 5.37. The molecule has 1 N–H and O–H groups in total. The van der Waals surface area contributed by atoms with E-state index in [2.05, 4.69) is 4.72 Å². The Bertz CT molecular complexity index is 493. The lowest BCUT2D eigenvalue weighted by molar-refractivity contribution is 0.597. The first-order chi connectivity index (χ1) is 6.95. The van der Waals surface area contributed by atoms with Gasteiger partial charge in [-0.05, 0) is 25.1 Å². The van der Waals surface area contributed by atoms with E-state index < -0.39 is 15.3 Å². The third-order valence-corrected chi connectivity index (χ3v) is 3.52. The van der Waals surface area contributed by atoms with E-state index in [0.717, 1.165) is 0 Å². The summed E-state index contributed by atoms with van der Waals surface area (Å²) in [6, 6.07) is 7.95. The molecule has 0 aliphatic carbocycles. The third kappa shape index (κ3) is 3.11. The summed E-state index contributed by atoms with van der Waals surface area (Å²) in [6.45, 7) is 1.31. The van der Waals surface area contributed by atoms with Crippen molar-refractivity contribution in [3.8, 4) is 6.07 Å². The molecule has 0 spiro atoms. The van der Waals surface area contributed by atoms with E-state index in [1.54, 1.807) is 24.3 Å². The van der Waals surface area contributed by atoms with Crippen molar-refractivity contribution in [3.63, 3.8) is 0 Å². The van der Waals surface area contributed by atoms with Crippen LogP contribution in [0.25, 0.3) is 0 Å². The maximum absolute atomic E-state index is 11.5. The van der Waals surface area contributed by atoms with Gasteiger partial charge in [0, 0.05) is 10.7 Å². The fourth-order valence-corrected chi connectivity index (χ4v) is 1.84. The number of anilines is 1. The molecule has 0 fully saturated rings. The van der Waals surface area contributed by atoms with E-state index in [1.165, 1.54) is 13.0 Å². The van der Waals surface area contributed by atoms with Gasteiger partial charge in [0.05, 0.1) is 6.07 Å². The molecule has 15 heavy (non-hydrogen) atoms. The summed E-state index contributed by atoms with van der Waals surface area (Å²) >= 11 is 5.69. The standard InChI is InChI=1S/C9H9ClN2O2S/c1-7(6-11)15(13,14)12-9-4-2-3-8(10)5-9/h2-5,7,12H,1H3. The highest BCUT2D eigenvalue weighted by molar-refractivity contribution is 7.93. The third-order valence-electron chi connectivity index (χ3n) is 1.73. The van der Waals surface area contributed by atoms with Gasteiger partial charge >= 0.3 is 0 Å². The average Bonchev–Trinajstić information content (AvgIpc) is 2.15. The van der Waals surface area contributed by atoms with Gasteiger partial charge in [0.1, 0.15) is 0 Å². The van der Waals surface area contributed by atoms with Gasteiger partial charge in [-0.1, -0.05) is 17.7 Å². The molecule has 0 amide bonds. The molecule has 0 aliphatic heterocycles. The Balaban J connectivity index is 2.93. The summed E-state index contributed by atoms with van der Waals surface area (Å²) in [5, 5.41) is 7.84. The molecule has 1 rings (SSSR count). The minimum Gasteiger partial charge on any atom is -0.282 e. The monoisotopic (exact) mass is 244 g/mol. The fourth-order valence-electron chi connectivity index (χ4n) is 0.874. The number of nitriles is 1. The zero-order valence-corrected chi connectivity index (χ0v) is 9.51. The Hall–Kier alpha value is -1.25. The summed E-state index contributed by atoms with van der Waals surface area (Å²) in [5.74, 6) is 0. The quantitative estimate of drug-likeness (QED) is 0.884. The largest absolute Gasteiger partial charge is 0.282 e. The molecule has 0 aliphatic rings. The highest BCUT2D eigenvalue weighted by atomic mass is 35.5. The summed E-state index contributed by atoms with van der Waals surface area (Å²) < 4.78 is 25.2. The lowest BCUT2D eigenvalue weighted by Gasteiger charge is -2.08. The SMILES string of the molecule is CC(C#N)S(=O)(=O)Nc1cccc(Cl)c1. The van der Waals surface area contributed by atoms with Crippen LogP contribution >= 0.6 is 11.6 Å². The van der Waals surface area contributed by atoms with Gasteiger partial charge < -0.3 is 0 Å². The van der Waals surface area contributed by atoms with Crippen LogP contribution in [0.2, 0.25) is 5.02 Å². The molecular weight excluding hydrogens is 236 g/mol. The lowest BCUT2D eigenvalue weighted by atomic mass is 10.3. The minimum atomic E-state index is -3.65. The number of benzene rings is 1. The van der Waals surface area contributed by atoms with Crippen molar-refractivity contribution in [2.24, 2.45) is 0 Å². The maximum Gasteiger partial charge on any atom is 0.248 e. The maximum atomic E-state index is 11.5. The van der Waals surface area contributed by atoms with Crippen molar-refractivity contribution >= 4 is 27.3 Å².